The standard InChI is InChI=1S/2C13H15F3O2.C10H9F3O2.7CH4/c2*1-9(10(2)13(14,15)16)8-18-12(17)11-6-4-3-5-7-11;1-15-9(7-14,10(11,12)13)8-5-3-2-4-6-8;;;;;;;/h2*3-7,9-10H,8H2,1-2H3;2-7H,1H3;7*1H4/t2*9-,10+;9-;;;;;;;/m100......./s1. The zero-order chi connectivity index (χ0) is 39.0. The lowest BCUT2D eigenvalue weighted by Crippen LogP contribution is -2.45. The Labute approximate surface area is 341 Å². The second-order valence-corrected chi connectivity index (χ2v) is 11.5. The number of rotatable bonds is 11. The second-order valence-electron chi connectivity index (χ2n) is 11.5. The van der Waals surface area contributed by atoms with E-state index < -0.39 is 59.7 Å². The van der Waals surface area contributed by atoms with Crippen molar-refractivity contribution in [2.75, 3.05) is 20.3 Å². The number of halogens is 9. The molecule has 0 aliphatic heterocycles. The molecular weight excluding hydrogens is 783 g/mol. The molecule has 5 atom stereocenters. The highest BCUT2D eigenvalue weighted by atomic mass is 19.4. The number of hydrogen-bond donors (Lipinski definition) is 0. The summed E-state index contributed by atoms with van der Waals surface area (Å²) in [5, 5.41) is 0. The summed E-state index contributed by atoms with van der Waals surface area (Å²) in [6.07, 6.45) is -13.5. The molecule has 0 aliphatic carbocycles. The molecule has 0 heterocycles. The van der Waals surface area contributed by atoms with Crippen molar-refractivity contribution in [1.29, 1.82) is 0 Å². The molecule has 0 bridgehead atoms. The summed E-state index contributed by atoms with van der Waals surface area (Å²) in [5.74, 6) is -5.73. The number of carbonyl (C=O) groups is 3. The summed E-state index contributed by atoms with van der Waals surface area (Å²) in [7, 11) is 0.856. The van der Waals surface area contributed by atoms with Crippen LogP contribution in [0.1, 0.15) is 106 Å². The van der Waals surface area contributed by atoms with Crippen LogP contribution in [0.2, 0.25) is 0 Å². The molecule has 0 aliphatic rings. The number of methoxy groups -OCH3 is 1. The minimum Gasteiger partial charge on any atom is -0.462 e. The second kappa shape index (κ2) is 30.6. The van der Waals surface area contributed by atoms with Gasteiger partial charge in [0, 0.05) is 24.5 Å². The molecule has 0 saturated carbocycles. The van der Waals surface area contributed by atoms with E-state index in [1.165, 1.54) is 38.1 Å². The van der Waals surface area contributed by atoms with E-state index in [1.807, 2.05) is 0 Å². The van der Waals surface area contributed by atoms with Gasteiger partial charge in [0.25, 0.3) is 0 Å². The number of benzene rings is 3. The highest BCUT2D eigenvalue weighted by Crippen LogP contribution is 2.40. The van der Waals surface area contributed by atoms with Gasteiger partial charge in [-0.15, -0.1) is 0 Å². The lowest BCUT2D eigenvalue weighted by atomic mass is 9.94. The van der Waals surface area contributed by atoms with Gasteiger partial charge >= 0.3 is 30.5 Å². The van der Waals surface area contributed by atoms with E-state index in [0.717, 1.165) is 21.0 Å². The van der Waals surface area contributed by atoms with Gasteiger partial charge in [-0.25, -0.2) is 9.59 Å². The van der Waals surface area contributed by atoms with Crippen LogP contribution in [0.3, 0.4) is 0 Å². The van der Waals surface area contributed by atoms with Crippen molar-refractivity contribution < 1.29 is 68.1 Å². The van der Waals surface area contributed by atoms with Crippen LogP contribution >= 0.6 is 0 Å². The molecule has 0 N–H and O–H groups in total. The van der Waals surface area contributed by atoms with E-state index in [4.69, 9.17) is 9.47 Å². The smallest absolute Gasteiger partial charge is 0.428 e. The number of carbonyl (C=O) groups excluding carboxylic acids is 3. The Morgan fingerprint density at radius 3 is 1.03 bits per heavy atom. The van der Waals surface area contributed by atoms with E-state index in [-0.39, 0.29) is 77.0 Å². The predicted octanol–water partition coefficient (Wildman–Crippen LogP) is 14.1. The molecule has 3 aromatic rings. The first-order chi connectivity index (χ1) is 23.6. The van der Waals surface area contributed by atoms with Crippen LogP contribution in [-0.4, -0.2) is 57.1 Å². The molecule has 15 heteroatoms. The fourth-order valence-corrected chi connectivity index (χ4v) is 3.93. The summed E-state index contributed by atoms with van der Waals surface area (Å²) >= 11 is 0. The number of ether oxygens (including phenoxy) is 3. The molecule has 0 radical (unpaired) electrons. The van der Waals surface area contributed by atoms with Crippen LogP contribution < -0.4 is 0 Å². The maximum Gasteiger partial charge on any atom is 0.428 e. The zero-order valence-electron chi connectivity index (χ0n) is 28.3. The molecule has 0 aromatic heterocycles. The van der Waals surface area contributed by atoms with Gasteiger partial charge in [0.2, 0.25) is 5.60 Å². The average Bonchev–Trinajstić information content (AvgIpc) is 3.09. The molecule has 0 amide bonds. The Hall–Kier alpha value is -4.40. The minimum atomic E-state index is -4.77. The number of esters is 2. The first-order valence-corrected chi connectivity index (χ1v) is 15.3. The van der Waals surface area contributed by atoms with E-state index in [1.54, 1.807) is 66.7 Å². The quantitative estimate of drug-likeness (QED) is 0.109. The van der Waals surface area contributed by atoms with Gasteiger partial charge in [-0.3, -0.25) is 4.79 Å². The third-order valence-corrected chi connectivity index (χ3v) is 7.83. The van der Waals surface area contributed by atoms with E-state index in [9.17, 15) is 53.9 Å². The van der Waals surface area contributed by atoms with Gasteiger partial charge in [0.15, 0.2) is 6.29 Å². The largest absolute Gasteiger partial charge is 0.462 e. The van der Waals surface area contributed by atoms with Crippen LogP contribution in [-0.2, 0) is 24.6 Å². The van der Waals surface area contributed by atoms with Crippen molar-refractivity contribution in [3.8, 4) is 0 Å². The molecule has 0 fully saturated rings. The van der Waals surface area contributed by atoms with Crippen LogP contribution in [0.15, 0.2) is 91.0 Å². The third-order valence-electron chi connectivity index (χ3n) is 7.83. The Bertz CT molecular complexity index is 1390. The Balaban J connectivity index is -0.000000127. The van der Waals surface area contributed by atoms with Crippen molar-refractivity contribution in [3.63, 3.8) is 0 Å². The first kappa shape index (κ1) is 68.3. The van der Waals surface area contributed by atoms with Crippen molar-refractivity contribution in [2.45, 2.75) is 104 Å². The van der Waals surface area contributed by atoms with Crippen LogP contribution in [0.25, 0.3) is 0 Å². The fraction of sp³-hybridized carbons (Fsp3) is 0.512. The SMILES string of the molecule is C.C.C.C.C.C.C.CO[C@@](C=O)(c1ccccc1)C(F)(F)F.C[C@H](COC(=O)c1ccccc1)[C@H](C)C(F)(F)F.C[C@H]([C@@H](C)COC(=O)c1ccccc1)C(F)(F)F. The Morgan fingerprint density at radius 2 is 0.810 bits per heavy atom. The maximum absolute atomic E-state index is 12.7. The summed E-state index contributed by atoms with van der Waals surface area (Å²) in [6, 6.07) is 23.2. The monoisotopic (exact) mass is 850 g/mol. The van der Waals surface area contributed by atoms with Gasteiger partial charge in [0.05, 0.1) is 36.2 Å². The molecule has 338 valence electrons. The van der Waals surface area contributed by atoms with Crippen molar-refractivity contribution in [1.82, 2.24) is 0 Å². The fourth-order valence-electron chi connectivity index (χ4n) is 3.93. The summed E-state index contributed by atoms with van der Waals surface area (Å²) in [5.41, 5.74) is -2.42. The molecule has 3 aromatic carbocycles. The number of aldehydes is 1. The summed E-state index contributed by atoms with van der Waals surface area (Å²) in [6.45, 7) is 4.51. The van der Waals surface area contributed by atoms with Crippen LogP contribution in [0.5, 0.6) is 0 Å². The molecule has 58 heavy (non-hydrogen) atoms. The topological polar surface area (TPSA) is 78.9 Å². The third kappa shape index (κ3) is 21.4. The molecule has 0 unspecified atom stereocenters. The van der Waals surface area contributed by atoms with E-state index >= 15 is 0 Å². The average molecular weight is 851 g/mol. The predicted molar refractivity (Wildman–Crippen MR) is 217 cm³/mol. The van der Waals surface area contributed by atoms with Gasteiger partial charge < -0.3 is 14.2 Å². The summed E-state index contributed by atoms with van der Waals surface area (Å²) < 4.78 is 127. The highest BCUT2D eigenvalue weighted by Gasteiger charge is 2.57. The normalized spacial score (nSPS) is 13.3. The van der Waals surface area contributed by atoms with Crippen molar-refractivity contribution in [3.05, 3.63) is 108 Å². The number of alkyl halides is 9. The van der Waals surface area contributed by atoms with E-state index in [2.05, 4.69) is 4.74 Å². The summed E-state index contributed by atoms with van der Waals surface area (Å²) in [4.78, 5) is 33.7. The highest BCUT2D eigenvalue weighted by molar-refractivity contribution is 5.89. The maximum atomic E-state index is 12.7. The van der Waals surface area contributed by atoms with Gasteiger partial charge in [-0.05, 0) is 24.3 Å². The molecule has 0 spiro atoms. The van der Waals surface area contributed by atoms with E-state index in [0.29, 0.717) is 11.1 Å². The lowest BCUT2D eigenvalue weighted by molar-refractivity contribution is -0.258. The van der Waals surface area contributed by atoms with Crippen LogP contribution in [0.4, 0.5) is 39.5 Å². The lowest BCUT2D eigenvalue weighted by Gasteiger charge is -2.29. The van der Waals surface area contributed by atoms with Gasteiger partial charge in [-0.2, -0.15) is 39.5 Å². The number of hydrogen-bond acceptors (Lipinski definition) is 6. The molecule has 3 rings (SSSR count). The molecule has 0 saturated heterocycles. The Morgan fingerprint density at radius 1 is 0.534 bits per heavy atom. The van der Waals surface area contributed by atoms with Crippen molar-refractivity contribution >= 4 is 18.2 Å². The molecular formula is C43H67F9O6. The van der Waals surface area contributed by atoms with Crippen LogP contribution in [0, 0.1) is 23.7 Å². The molecule has 6 nitrogen and oxygen atoms in total. The minimum absolute atomic E-state index is 0. The Kier molecular flexibility index (Phi) is 36.1. The van der Waals surface area contributed by atoms with Gasteiger partial charge in [0.1, 0.15) is 0 Å². The zero-order valence-corrected chi connectivity index (χ0v) is 28.3. The first-order valence-electron chi connectivity index (χ1n) is 15.3. The van der Waals surface area contributed by atoms with Crippen molar-refractivity contribution in [2.24, 2.45) is 23.7 Å². The van der Waals surface area contributed by atoms with Gasteiger partial charge in [-0.1, -0.05) is 146 Å².